The largest absolute Gasteiger partial charge is 0.456 e. The average Bonchev–Trinajstić information content (AvgIpc) is 3.48. The molecule has 0 N–H and O–H groups in total. The molecule has 2 nitrogen and oxygen atoms in total. The van der Waals surface area contributed by atoms with Crippen molar-refractivity contribution in [1.29, 1.82) is 0 Å². The molecule has 9 aromatic rings. The molecule has 166 valence electrons. The SMILES string of the molecule is c1ccc2c(c1)cc1c3ccccc3c3cccc4c3c1c2n4-c1ccc2c(c1)oc1ccccc12. The van der Waals surface area contributed by atoms with Crippen LogP contribution < -0.4 is 0 Å². The second-order valence-corrected chi connectivity index (χ2v) is 9.73. The number of hydrogen-bond donors (Lipinski definition) is 0. The van der Waals surface area contributed by atoms with Crippen molar-refractivity contribution in [2.24, 2.45) is 0 Å². The summed E-state index contributed by atoms with van der Waals surface area (Å²) in [6, 6.07) is 41.6. The lowest BCUT2D eigenvalue weighted by molar-refractivity contribution is 0.668. The lowest BCUT2D eigenvalue weighted by Gasteiger charge is -2.11. The van der Waals surface area contributed by atoms with Gasteiger partial charge in [0.2, 0.25) is 0 Å². The fourth-order valence-corrected chi connectivity index (χ4v) is 6.43. The summed E-state index contributed by atoms with van der Waals surface area (Å²) in [4.78, 5) is 0. The molecule has 0 radical (unpaired) electrons. The Bertz CT molecular complexity index is 2310. The molecule has 0 aliphatic heterocycles. The maximum atomic E-state index is 6.30. The maximum absolute atomic E-state index is 6.30. The quantitative estimate of drug-likeness (QED) is 0.177. The summed E-state index contributed by atoms with van der Waals surface area (Å²) >= 11 is 0. The molecule has 0 spiro atoms. The molecule has 9 rings (SSSR count). The van der Waals surface area contributed by atoms with E-state index in [0.717, 1.165) is 27.6 Å². The van der Waals surface area contributed by atoms with E-state index in [9.17, 15) is 0 Å². The highest BCUT2D eigenvalue weighted by Crippen LogP contribution is 2.46. The predicted molar refractivity (Wildman–Crippen MR) is 152 cm³/mol. The molecule has 0 saturated carbocycles. The van der Waals surface area contributed by atoms with Crippen LogP contribution in [-0.2, 0) is 0 Å². The first kappa shape index (κ1) is 18.5. The monoisotopic (exact) mass is 457 g/mol. The Hall–Kier alpha value is -4.82. The Morgan fingerprint density at radius 2 is 1.14 bits per heavy atom. The molecule has 0 amide bonds. The van der Waals surface area contributed by atoms with Gasteiger partial charge in [-0.2, -0.15) is 0 Å². The Kier molecular flexibility index (Phi) is 3.31. The van der Waals surface area contributed by atoms with E-state index in [4.69, 9.17) is 4.42 Å². The summed E-state index contributed by atoms with van der Waals surface area (Å²) < 4.78 is 8.74. The number of hydrogen-bond acceptors (Lipinski definition) is 1. The average molecular weight is 458 g/mol. The molecule has 0 unspecified atom stereocenters. The first-order valence-electron chi connectivity index (χ1n) is 12.4. The van der Waals surface area contributed by atoms with Gasteiger partial charge in [-0.1, -0.05) is 78.9 Å². The standard InChI is InChI=1S/C34H19NO/c1-2-9-22-20(8-1)18-28-24-11-4-3-10-23(24)27-13-7-14-29-32(27)33(28)34(22)35(29)21-16-17-26-25-12-5-6-15-30(25)36-31(26)19-21/h1-19H. The van der Waals surface area contributed by atoms with Gasteiger partial charge in [0, 0.05) is 38.7 Å². The van der Waals surface area contributed by atoms with Gasteiger partial charge in [-0.3, -0.25) is 0 Å². The van der Waals surface area contributed by atoms with E-state index in [1.807, 2.05) is 12.1 Å². The molecular formula is C34H19NO. The summed E-state index contributed by atoms with van der Waals surface area (Å²) in [6.45, 7) is 0. The minimum Gasteiger partial charge on any atom is -0.456 e. The lowest BCUT2D eigenvalue weighted by Crippen LogP contribution is -1.94. The zero-order chi connectivity index (χ0) is 23.4. The molecule has 7 aromatic carbocycles. The number of furan rings is 1. The van der Waals surface area contributed by atoms with E-state index >= 15 is 0 Å². The van der Waals surface area contributed by atoms with Crippen LogP contribution in [-0.4, -0.2) is 4.57 Å². The first-order chi connectivity index (χ1) is 17.9. The van der Waals surface area contributed by atoms with Crippen molar-refractivity contribution >= 4 is 76.1 Å². The van der Waals surface area contributed by atoms with E-state index in [2.05, 4.69) is 108 Å². The van der Waals surface area contributed by atoms with Crippen LogP contribution in [0.25, 0.3) is 81.7 Å². The van der Waals surface area contributed by atoms with Crippen LogP contribution in [0.2, 0.25) is 0 Å². The molecule has 2 heterocycles. The van der Waals surface area contributed by atoms with Gasteiger partial charge in [-0.25, -0.2) is 0 Å². The molecule has 0 atom stereocenters. The molecule has 0 bridgehead atoms. The van der Waals surface area contributed by atoms with Gasteiger partial charge in [-0.05, 0) is 57.3 Å². The summed E-state index contributed by atoms with van der Waals surface area (Å²) in [5, 5.41) is 12.7. The van der Waals surface area contributed by atoms with E-state index in [-0.39, 0.29) is 0 Å². The second kappa shape index (κ2) is 6.44. The third-order valence-electron chi connectivity index (χ3n) is 7.91. The van der Waals surface area contributed by atoms with Gasteiger partial charge >= 0.3 is 0 Å². The maximum Gasteiger partial charge on any atom is 0.137 e. The number of nitrogens with zero attached hydrogens (tertiary/aromatic N) is 1. The van der Waals surface area contributed by atoms with E-state index < -0.39 is 0 Å². The highest BCUT2D eigenvalue weighted by atomic mass is 16.3. The predicted octanol–water partition coefficient (Wildman–Crippen LogP) is 9.58. The molecule has 2 aromatic heterocycles. The van der Waals surface area contributed by atoms with Crippen LogP contribution in [0, 0.1) is 0 Å². The number of benzene rings is 7. The van der Waals surface area contributed by atoms with Gasteiger partial charge < -0.3 is 8.98 Å². The number of fused-ring (bicyclic) bond motifs is 8. The van der Waals surface area contributed by atoms with E-state index in [0.29, 0.717) is 0 Å². The molecular weight excluding hydrogens is 438 g/mol. The van der Waals surface area contributed by atoms with E-state index in [1.54, 1.807) is 0 Å². The zero-order valence-electron chi connectivity index (χ0n) is 19.3. The zero-order valence-corrected chi connectivity index (χ0v) is 19.3. The highest BCUT2D eigenvalue weighted by molar-refractivity contribution is 6.38. The topological polar surface area (TPSA) is 18.1 Å². The van der Waals surface area contributed by atoms with Crippen molar-refractivity contribution in [2.45, 2.75) is 0 Å². The van der Waals surface area contributed by atoms with Crippen LogP contribution in [0.1, 0.15) is 0 Å². The smallest absolute Gasteiger partial charge is 0.137 e. The van der Waals surface area contributed by atoms with Crippen LogP contribution in [0.4, 0.5) is 0 Å². The van der Waals surface area contributed by atoms with Crippen molar-refractivity contribution in [2.75, 3.05) is 0 Å². The fraction of sp³-hybridized carbons (Fsp3) is 0. The lowest BCUT2D eigenvalue weighted by atomic mass is 9.92. The van der Waals surface area contributed by atoms with Crippen molar-refractivity contribution in [3.63, 3.8) is 0 Å². The van der Waals surface area contributed by atoms with Gasteiger partial charge in [0.05, 0.1) is 11.0 Å². The summed E-state index contributed by atoms with van der Waals surface area (Å²) in [5.74, 6) is 0. The van der Waals surface area contributed by atoms with Gasteiger partial charge in [0.15, 0.2) is 0 Å². The van der Waals surface area contributed by atoms with Crippen LogP contribution >= 0.6 is 0 Å². The first-order valence-corrected chi connectivity index (χ1v) is 12.4. The van der Waals surface area contributed by atoms with Crippen molar-refractivity contribution < 1.29 is 4.42 Å². The third-order valence-corrected chi connectivity index (χ3v) is 7.91. The minimum absolute atomic E-state index is 0.915. The Morgan fingerprint density at radius 3 is 2.03 bits per heavy atom. The second-order valence-electron chi connectivity index (χ2n) is 9.73. The Balaban J connectivity index is 1.55. The molecule has 0 aliphatic carbocycles. The summed E-state index contributed by atoms with van der Waals surface area (Å²) in [5.41, 5.74) is 5.45. The summed E-state index contributed by atoms with van der Waals surface area (Å²) in [6.07, 6.45) is 0. The Morgan fingerprint density at radius 1 is 0.444 bits per heavy atom. The van der Waals surface area contributed by atoms with Crippen molar-refractivity contribution in [1.82, 2.24) is 4.57 Å². The number of para-hydroxylation sites is 1. The van der Waals surface area contributed by atoms with Crippen LogP contribution in [0.5, 0.6) is 0 Å². The third kappa shape index (κ3) is 2.18. The molecule has 2 heteroatoms. The Labute approximate surface area is 205 Å². The van der Waals surface area contributed by atoms with Gasteiger partial charge in [-0.15, -0.1) is 0 Å². The minimum atomic E-state index is 0.915. The van der Waals surface area contributed by atoms with Gasteiger partial charge in [0.1, 0.15) is 11.2 Å². The molecule has 0 saturated heterocycles. The van der Waals surface area contributed by atoms with Crippen LogP contribution in [0.15, 0.2) is 120 Å². The van der Waals surface area contributed by atoms with Crippen molar-refractivity contribution in [3.8, 4) is 5.69 Å². The normalized spacial score (nSPS) is 12.4. The van der Waals surface area contributed by atoms with Gasteiger partial charge in [0.25, 0.3) is 0 Å². The van der Waals surface area contributed by atoms with Crippen molar-refractivity contribution in [3.05, 3.63) is 115 Å². The van der Waals surface area contributed by atoms with E-state index in [1.165, 1.54) is 54.1 Å². The molecule has 0 aliphatic rings. The highest BCUT2D eigenvalue weighted by Gasteiger charge is 2.22. The molecule has 0 fully saturated rings. The fourth-order valence-electron chi connectivity index (χ4n) is 6.43. The summed E-state index contributed by atoms with van der Waals surface area (Å²) in [7, 11) is 0. The number of rotatable bonds is 1. The number of aromatic nitrogens is 1. The molecule has 36 heavy (non-hydrogen) atoms. The van der Waals surface area contributed by atoms with Crippen LogP contribution in [0.3, 0.4) is 0 Å².